The van der Waals surface area contributed by atoms with Gasteiger partial charge >= 0.3 is 0 Å². The highest BCUT2D eigenvalue weighted by molar-refractivity contribution is 6.53. The second-order valence-corrected chi connectivity index (χ2v) is 7.03. The predicted molar refractivity (Wildman–Crippen MR) is 89.5 cm³/mol. The largest absolute Gasteiger partial charge is 0.398 e. The number of rotatable bonds is 1. The third-order valence-electron chi connectivity index (χ3n) is 4.75. The van der Waals surface area contributed by atoms with Crippen LogP contribution in [0.2, 0.25) is 5.21 Å². The van der Waals surface area contributed by atoms with Gasteiger partial charge in [-0.25, -0.2) is 4.39 Å². The summed E-state index contributed by atoms with van der Waals surface area (Å²) in [5.74, 6) is -1.93. The molecule has 3 amide bonds. The minimum atomic E-state index is -1.20. The molecular weight excluding hydrogens is 298 g/mol. The Morgan fingerprint density at radius 3 is 2.48 bits per heavy atom. The van der Waals surface area contributed by atoms with Gasteiger partial charge in [0.25, 0.3) is 5.91 Å². The zero-order valence-corrected chi connectivity index (χ0v) is 13.2. The number of hydrogen-bond acceptors (Lipinski definition) is 4. The number of carbonyl (C=O) groups is 3. The van der Waals surface area contributed by atoms with Crippen LogP contribution in [0.1, 0.15) is 22.3 Å². The van der Waals surface area contributed by atoms with Crippen molar-refractivity contribution in [3.63, 3.8) is 0 Å². The highest BCUT2D eigenvalue weighted by Crippen LogP contribution is 2.40. The monoisotopic (exact) mass is 313 g/mol. The smallest absolute Gasteiger partial charge is 0.254 e. The van der Waals surface area contributed by atoms with Crippen molar-refractivity contribution in [2.75, 3.05) is 5.73 Å². The molecule has 1 unspecified atom stereocenters. The van der Waals surface area contributed by atoms with Crippen LogP contribution in [0.3, 0.4) is 0 Å². The molecule has 0 bridgehead atoms. The molecule has 1 saturated heterocycles. The average Bonchev–Trinajstić information content (AvgIpc) is 2.75. The van der Waals surface area contributed by atoms with Gasteiger partial charge in [0, 0.05) is 23.4 Å². The first-order chi connectivity index (χ1) is 10.6. The summed E-state index contributed by atoms with van der Waals surface area (Å²) in [6, 6.07) is 2.29. The topological polar surface area (TPSA) is 92.5 Å². The fraction of sp³-hybridized carbons (Fsp3) is 0.308. The van der Waals surface area contributed by atoms with Gasteiger partial charge in [-0.15, -0.1) is 0 Å². The number of anilines is 1. The summed E-state index contributed by atoms with van der Waals surface area (Å²) in [4.78, 5) is 38.4. The van der Waals surface area contributed by atoms with E-state index in [9.17, 15) is 18.8 Å². The molecule has 2 aliphatic heterocycles. The molecule has 3 N–H and O–H groups in total. The first kappa shape index (κ1) is 15.6. The van der Waals surface area contributed by atoms with Crippen LogP contribution in [-0.2, 0) is 16.1 Å². The molecule has 1 aromatic rings. The van der Waals surface area contributed by atoms with Crippen molar-refractivity contribution in [3.8, 4) is 0 Å². The van der Waals surface area contributed by atoms with Gasteiger partial charge in [0.05, 0.1) is 5.44 Å². The normalized spacial score (nSPS) is 26.1. The predicted octanol–water partition coefficient (Wildman–Crippen LogP) is -2.88. The van der Waals surface area contributed by atoms with Crippen LogP contribution in [0.5, 0.6) is 0 Å². The summed E-state index contributed by atoms with van der Waals surface area (Å²) in [7, 11) is 5.05. The Hall–Kier alpha value is -2.25. The number of nitrogens with two attached hydrogens (primary N) is 1. The van der Waals surface area contributed by atoms with E-state index in [1.807, 2.05) is 0 Å². The molecule has 6 nitrogen and oxygen atoms in total. The molecule has 1 atom stereocenters. The van der Waals surface area contributed by atoms with Crippen molar-refractivity contribution >= 4 is 46.9 Å². The first-order valence-electron chi connectivity index (χ1n) is 7.32. The van der Waals surface area contributed by atoms with E-state index < -0.39 is 28.3 Å². The second kappa shape index (κ2) is 4.63. The zero-order valence-electron chi connectivity index (χ0n) is 13.2. The SMILES string of the molecule is BC1(B)CC(B)(N2Cc3c(N)cc(F)cc3C2=O)C(=O)NC1=O. The van der Waals surface area contributed by atoms with E-state index in [1.54, 1.807) is 23.5 Å². The van der Waals surface area contributed by atoms with Crippen molar-refractivity contribution < 1.29 is 18.8 Å². The fourth-order valence-corrected chi connectivity index (χ4v) is 3.45. The van der Waals surface area contributed by atoms with Crippen molar-refractivity contribution in [2.45, 2.75) is 23.6 Å². The Morgan fingerprint density at radius 2 is 1.83 bits per heavy atom. The lowest BCUT2D eigenvalue weighted by molar-refractivity contribution is -0.139. The Bertz CT molecular complexity index is 770. The van der Waals surface area contributed by atoms with Gasteiger partial charge in [0.15, 0.2) is 0 Å². The second-order valence-electron chi connectivity index (χ2n) is 7.03. The molecule has 2 aliphatic rings. The van der Waals surface area contributed by atoms with E-state index in [1.165, 1.54) is 4.90 Å². The molecule has 1 aromatic carbocycles. The summed E-state index contributed by atoms with van der Waals surface area (Å²) in [5.41, 5.74) is 5.48. The van der Waals surface area contributed by atoms with Crippen LogP contribution in [-0.4, -0.2) is 51.6 Å². The van der Waals surface area contributed by atoms with Gasteiger partial charge in [-0.3, -0.25) is 19.7 Å². The lowest BCUT2D eigenvalue weighted by Crippen LogP contribution is -2.67. The van der Waals surface area contributed by atoms with Crippen LogP contribution in [0, 0.1) is 5.82 Å². The van der Waals surface area contributed by atoms with Crippen molar-refractivity contribution in [1.29, 1.82) is 0 Å². The summed E-state index contributed by atoms with van der Waals surface area (Å²) < 4.78 is 13.5. The van der Waals surface area contributed by atoms with Crippen LogP contribution in [0.15, 0.2) is 12.1 Å². The number of imide groups is 1. The minimum absolute atomic E-state index is 0.120. The molecule has 116 valence electrons. The summed E-state index contributed by atoms with van der Waals surface area (Å²) in [6.07, 6.45) is 0.187. The Morgan fingerprint density at radius 1 is 1.17 bits per heavy atom. The molecule has 0 aliphatic carbocycles. The first-order valence-corrected chi connectivity index (χ1v) is 7.32. The molecular formula is C13H15B3FN3O3. The fourth-order valence-electron chi connectivity index (χ4n) is 3.45. The number of nitrogens with zero attached hydrogens (tertiary/aromatic N) is 1. The molecule has 10 heteroatoms. The van der Waals surface area contributed by atoms with Crippen LogP contribution >= 0.6 is 0 Å². The number of hydrogen-bond donors (Lipinski definition) is 2. The molecule has 3 rings (SSSR count). The third kappa shape index (κ3) is 2.16. The number of halogens is 1. The van der Waals surface area contributed by atoms with Crippen molar-refractivity contribution in [2.24, 2.45) is 0 Å². The number of fused-ring (bicyclic) bond motifs is 1. The molecule has 2 heterocycles. The van der Waals surface area contributed by atoms with E-state index in [0.717, 1.165) is 12.1 Å². The average molecular weight is 313 g/mol. The van der Waals surface area contributed by atoms with Gasteiger partial charge in [-0.1, -0.05) is 0 Å². The zero-order chi connectivity index (χ0) is 17.2. The highest BCUT2D eigenvalue weighted by atomic mass is 19.1. The Kier molecular flexibility index (Phi) is 3.15. The van der Waals surface area contributed by atoms with Crippen molar-refractivity contribution in [3.05, 3.63) is 29.1 Å². The maximum Gasteiger partial charge on any atom is 0.254 e. The van der Waals surface area contributed by atoms with E-state index in [0.29, 0.717) is 5.56 Å². The van der Waals surface area contributed by atoms with Crippen LogP contribution in [0.4, 0.5) is 10.1 Å². The van der Waals surface area contributed by atoms with Gasteiger partial charge in [-0.2, -0.15) is 0 Å². The number of amides is 3. The summed E-state index contributed by atoms with van der Waals surface area (Å²) in [5, 5.41) is 1.54. The quantitative estimate of drug-likeness (QED) is 0.331. The van der Waals surface area contributed by atoms with Gasteiger partial charge < -0.3 is 10.6 Å². The molecule has 23 heavy (non-hydrogen) atoms. The summed E-state index contributed by atoms with van der Waals surface area (Å²) >= 11 is 0. The number of nitrogen functional groups attached to an aromatic ring is 1. The Labute approximate surface area is 135 Å². The van der Waals surface area contributed by atoms with Crippen LogP contribution in [0.25, 0.3) is 0 Å². The van der Waals surface area contributed by atoms with E-state index >= 15 is 0 Å². The number of piperidine rings is 1. The van der Waals surface area contributed by atoms with E-state index in [4.69, 9.17) is 5.73 Å². The van der Waals surface area contributed by atoms with Crippen molar-refractivity contribution in [1.82, 2.24) is 10.2 Å². The third-order valence-corrected chi connectivity index (χ3v) is 4.75. The number of nitrogens with one attached hydrogen (secondary N) is 1. The van der Waals surface area contributed by atoms with Gasteiger partial charge in [0.1, 0.15) is 29.4 Å². The molecule has 0 spiro atoms. The Balaban J connectivity index is 2.03. The minimum Gasteiger partial charge on any atom is -0.398 e. The van der Waals surface area contributed by atoms with Gasteiger partial charge in [-0.05, 0) is 23.8 Å². The van der Waals surface area contributed by atoms with Crippen LogP contribution < -0.4 is 11.1 Å². The standard InChI is InChI=1S/C13H15B3FN3O3/c14-12(15)4-13(16,11(23)19-10(12)22)20-3-7-6(9(20)21)1-5(17)2-8(7)18/h1-2H,3-4,14-16,18H2,(H,19,22,23). The number of carbonyl (C=O) groups excluding carboxylic acids is 3. The molecule has 0 aromatic heterocycles. The maximum absolute atomic E-state index is 13.5. The lowest BCUT2D eigenvalue weighted by atomic mass is 9.45. The number of benzene rings is 1. The maximum atomic E-state index is 13.5. The van der Waals surface area contributed by atoms with Gasteiger partial charge in [0.2, 0.25) is 11.8 Å². The molecule has 1 fully saturated rings. The molecule has 0 radical (unpaired) electrons. The molecule has 0 saturated carbocycles. The van der Waals surface area contributed by atoms with E-state index in [-0.39, 0.29) is 30.1 Å². The lowest BCUT2D eigenvalue weighted by Gasteiger charge is -2.46. The highest BCUT2D eigenvalue weighted by Gasteiger charge is 2.53. The van der Waals surface area contributed by atoms with E-state index in [2.05, 4.69) is 5.32 Å². The summed E-state index contributed by atoms with van der Waals surface area (Å²) in [6.45, 7) is 0.120.